The molecule has 6 aromatic carbocycles. The average molecular weight is 1990 g/mol. The molecule has 0 radical (unpaired) electrons. The van der Waals surface area contributed by atoms with Crippen LogP contribution >= 0.6 is 15.9 Å². The fraction of sp³-hybridized carbons (Fsp3) is 0.273. The highest BCUT2D eigenvalue weighted by molar-refractivity contribution is 9.10. The number of benzene rings is 6. The molecule has 43 nitrogen and oxygen atoms in total. The maximum absolute atomic E-state index is 13.3. The van der Waals surface area contributed by atoms with Crippen molar-refractivity contribution in [2.45, 2.75) is 124 Å². The number of nitrogens with one attached hydrogen (secondary N) is 4. The molecule has 13 heterocycles. The Hall–Kier alpha value is -14.4. The standard InChI is InChI=1S/C24H23FN6O5.C24H24N6O5.C21H19BrN6O5.C19H16F6N6O4/c25-16-5-1-15(2-6-16)11-35-17-7-3-14(4-8-17)9-29-30-22-19-23(27-12-26-22)31(13-28-19)24-21(34)20(33)18(10-32)36-24;31-11-18-20(32)21(33)24(35-18)30-14-27-19-22(25-13-26-23(19)30)29-28-10-16-7-4-8-17(9-16)34-12-15-5-2-1-3-6-15;22-12-3-1-11(2-4-12)14-6-5-13(32-14)7-26-27-19-16-20(24-9-23-19)28(10-25-16)21-18(31)17(30)15(8-29)33-21;20-18(21,22)9-2-1-8(10(3-9)19(23,24)25)4-29-30-15-12-16(27-6-26-15)31(7-28-12)17-14(34)13(33)11(5-32)35-17/h1-9,12-13,18,20-21,24,32-34H,10-11H2,(H,26,27,30);1-10,13-14,18,20-21,24,31-33H,11-12H2,(H,25,26,29);1-7,9-10,15,17-18,21,29-31H,8H2,(H,23,24,27);1-4,6-7,11,13-14,17,32-34H,5H2,(H,26,27,30)/b29-9+;28-10+;26-7+;29-4+/t2*18-,20?,21+,24-;15-,17?,18+,21-;11-,13?,14+,17-/m1111/s1. The summed E-state index contributed by atoms with van der Waals surface area (Å²) in [7, 11) is 0. The Kier molecular flexibility index (Phi) is 30.6. The van der Waals surface area contributed by atoms with Gasteiger partial charge in [-0.15, -0.1) is 0 Å². The van der Waals surface area contributed by atoms with Crippen LogP contribution < -0.4 is 31.2 Å². The highest BCUT2D eigenvalue weighted by Crippen LogP contribution is 2.41. The van der Waals surface area contributed by atoms with Crippen molar-refractivity contribution in [1.29, 1.82) is 0 Å². The summed E-state index contributed by atoms with van der Waals surface area (Å²) in [6.45, 7) is -1.03. The van der Waals surface area contributed by atoms with E-state index < -0.39 is 154 Å². The van der Waals surface area contributed by atoms with Crippen LogP contribution in [0.3, 0.4) is 0 Å². The number of anilines is 4. The van der Waals surface area contributed by atoms with Crippen LogP contribution in [0.1, 0.15) is 69.6 Å². The Morgan fingerprint density at radius 3 is 1.19 bits per heavy atom. The minimum Gasteiger partial charge on any atom is -0.489 e. The molecule has 724 valence electrons. The molecule has 19 rings (SSSR count). The molecule has 51 heteroatoms. The number of aromatic nitrogens is 16. The van der Waals surface area contributed by atoms with Crippen LogP contribution in [-0.2, 0) is 44.5 Å². The summed E-state index contributed by atoms with van der Waals surface area (Å²) >= 11 is 3.41. The van der Waals surface area contributed by atoms with Gasteiger partial charge in [0, 0.05) is 15.6 Å². The van der Waals surface area contributed by atoms with Gasteiger partial charge in [0.2, 0.25) is 0 Å². The van der Waals surface area contributed by atoms with Crippen molar-refractivity contribution in [3.8, 4) is 22.8 Å². The van der Waals surface area contributed by atoms with Crippen molar-refractivity contribution in [2.75, 3.05) is 48.1 Å². The predicted molar refractivity (Wildman–Crippen MR) is 481 cm³/mol. The fourth-order valence-corrected chi connectivity index (χ4v) is 14.9. The van der Waals surface area contributed by atoms with Crippen LogP contribution in [0, 0.1) is 5.82 Å². The van der Waals surface area contributed by atoms with Gasteiger partial charge < -0.3 is 94.1 Å². The fourth-order valence-electron chi connectivity index (χ4n) is 14.7. The van der Waals surface area contributed by atoms with Crippen molar-refractivity contribution < 1.29 is 125 Å². The number of halogens is 8. The van der Waals surface area contributed by atoms with Gasteiger partial charge in [0.15, 0.2) is 92.8 Å². The van der Waals surface area contributed by atoms with Gasteiger partial charge in [-0.25, -0.2) is 64.2 Å². The summed E-state index contributed by atoms with van der Waals surface area (Å²) in [5, 5.41) is 135. The lowest BCUT2D eigenvalue weighted by molar-refractivity contribution is -0.143. The van der Waals surface area contributed by atoms with Crippen molar-refractivity contribution in [2.24, 2.45) is 20.4 Å². The minimum absolute atomic E-state index is 0.00705. The first kappa shape index (κ1) is 97.7. The van der Waals surface area contributed by atoms with Crippen LogP contribution in [0.5, 0.6) is 11.5 Å². The molecule has 4 fully saturated rings. The van der Waals surface area contributed by atoms with Crippen LogP contribution in [0.4, 0.5) is 54.0 Å². The molecule has 4 aliphatic heterocycles. The van der Waals surface area contributed by atoms with E-state index in [9.17, 15) is 92.0 Å². The van der Waals surface area contributed by atoms with Gasteiger partial charge in [-0.2, -0.15) is 46.7 Å². The maximum Gasteiger partial charge on any atom is 0.417 e. The highest BCUT2D eigenvalue weighted by atomic mass is 79.9. The smallest absolute Gasteiger partial charge is 0.417 e. The number of hydrogen-bond acceptors (Lipinski definition) is 39. The van der Waals surface area contributed by atoms with Crippen molar-refractivity contribution >= 4 is 109 Å². The van der Waals surface area contributed by atoms with Crippen LogP contribution in [0.25, 0.3) is 56.0 Å². The van der Waals surface area contributed by atoms with Gasteiger partial charge in [0.05, 0.1) is 87.7 Å². The van der Waals surface area contributed by atoms with E-state index in [1.165, 1.54) is 80.9 Å². The zero-order chi connectivity index (χ0) is 97.8. The van der Waals surface area contributed by atoms with Gasteiger partial charge in [0.1, 0.15) is 141 Å². The lowest BCUT2D eigenvalue weighted by Gasteiger charge is -2.16. The number of imidazole rings is 4. The molecule has 0 saturated carbocycles. The van der Waals surface area contributed by atoms with E-state index in [2.05, 4.69) is 118 Å². The summed E-state index contributed by atoms with van der Waals surface area (Å²) < 4.78 is 138. The summed E-state index contributed by atoms with van der Waals surface area (Å²) in [6, 6.07) is 43.4. The van der Waals surface area contributed by atoms with E-state index in [0.29, 0.717) is 99.8 Å². The minimum atomic E-state index is -5.07. The summed E-state index contributed by atoms with van der Waals surface area (Å²) in [6.07, 6.45) is -12.1. The lowest BCUT2D eigenvalue weighted by atomic mass is 10.0. The quantitative estimate of drug-likeness (QED) is 0.0141. The number of alkyl halides is 6. The molecule has 0 aliphatic carbocycles. The molecule has 4 unspecified atom stereocenters. The molecular formula is C88H82BrF7N24O19. The van der Waals surface area contributed by atoms with E-state index in [1.54, 1.807) is 42.8 Å². The van der Waals surface area contributed by atoms with Gasteiger partial charge in [-0.05, 0) is 107 Å². The Morgan fingerprint density at radius 2 is 0.784 bits per heavy atom. The van der Waals surface area contributed by atoms with Gasteiger partial charge >= 0.3 is 12.4 Å². The highest BCUT2D eigenvalue weighted by Gasteiger charge is 2.48. The maximum atomic E-state index is 13.3. The summed E-state index contributed by atoms with van der Waals surface area (Å²) in [4.78, 5) is 50.0. The van der Waals surface area contributed by atoms with Gasteiger partial charge in [0.25, 0.3) is 0 Å². The van der Waals surface area contributed by atoms with E-state index in [1.807, 2.05) is 97.1 Å². The Labute approximate surface area is 786 Å². The van der Waals surface area contributed by atoms with Crippen LogP contribution in [-0.4, -0.2) is 264 Å². The SMILES string of the molecule is OC[C@H]1O[C@@H](n2cnc3c(N/N=C/c4ccc(-c5ccc(Br)cc5)o4)ncnc32)[C@@H](O)C1O.OC[C@H]1O[C@@H](n2cnc3c(N/N=C/c4ccc(C(F)(F)F)cc4C(F)(F)F)ncnc32)[C@@H](O)C1O.OC[C@H]1O[C@@H](n2cnc3c(N/N=C/c4ccc(OCc5ccc(F)cc5)cc4)ncnc32)[C@@H](O)C1O.OC[C@H]1O[C@@H](n2cnc3c(N/N=C/c4cccc(OCc5ccccc5)c4)ncnc32)[C@@H](O)C1O. The molecule has 16 N–H and O–H groups in total. The molecular weight excluding hydrogens is 1910 g/mol. The molecule has 16 atom stereocenters. The molecule has 15 aromatic rings. The zero-order valence-corrected chi connectivity index (χ0v) is 73.2. The number of rotatable bonds is 27. The first-order chi connectivity index (χ1) is 67.1. The number of aliphatic hydroxyl groups is 12. The first-order valence-corrected chi connectivity index (χ1v) is 42.7. The second kappa shape index (κ2) is 43.5. The third kappa shape index (κ3) is 22.4. The van der Waals surface area contributed by atoms with Crippen LogP contribution in [0.15, 0.2) is 238 Å². The first-order valence-electron chi connectivity index (χ1n) is 41.9. The van der Waals surface area contributed by atoms with Gasteiger partial charge in [-0.3, -0.25) is 40.0 Å². The van der Waals surface area contributed by atoms with E-state index in [0.717, 1.165) is 44.4 Å². The predicted octanol–water partition coefficient (Wildman–Crippen LogP) is 6.89. The molecule has 0 bridgehead atoms. The zero-order valence-electron chi connectivity index (χ0n) is 71.6. The van der Waals surface area contributed by atoms with Gasteiger partial charge in [-0.1, -0.05) is 88.7 Å². The number of hydrogen-bond donors (Lipinski definition) is 16. The molecule has 0 amide bonds. The second-order valence-corrected chi connectivity index (χ2v) is 31.8. The van der Waals surface area contributed by atoms with Crippen molar-refractivity contribution in [1.82, 2.24) is 78.1 Å². The average Bonchev–Trinajstić information content (AvgIpc) is 1.56. The normalized spacial score (nSPS) is 22.6. The monoisotopic (exact) mass is 1990 g/mol. The van der Waals surface area contributed by atoms with E-state index in [4.69, 9.17) is 32.8 Å². The number of hydrazone groups is 4. The van der Waals surface area contributed by atoms with E-state index in [-0.39, 0.29) is 28.9 Å². The molecule has 0 spiro atoms. The largest absolute Gasteiger partial charge is 0.489 e. The molecule has 139 heavy (non-hydrogen) atoms. The Balaban J connectivity index is 0.000000134. The lowest BCUT2D eigenvalue weighted by Crippen LogP contribution is -2.33. The summed E-state index contributed by atoms with van der Waals surface area (Å²) in [5.41, 5.74) is 14.2. The molecule has 4 aliphatic rings. The number of aliphatic hydroxyl groups excluding tert-OH is 12. The van der Waals surface area contributed by atoms with Crippen molar-refractivity contribution in [3.05, 3.63) is 263 Å². The third-order valence-corrected chi connectivity index (χ3v) is 22.4. The third-order valence-electron chi connectivity index (χ3n) is 21.9. The number of nitrogens with zero attached hydrogens (tertiary/aromatic N) is 20. The van der Waals surface area contributed by atoms with E-state index >= 15 is 0 Å². The topological polar surface area (TPSA) is 583 Å². The number of ether oxygens (including phenoxy) is 6. The molecule has 9 aromatic heterocycles. The Bertz CT molecular complexity index is 6820. The molecule has 4 saturated heterocycles. The number of furan rings is 1. The summed E-state index contributed by atoms with van der Waals surface area (Å²) in [5.74, 6) is 3.31. The Morgan fingerprint density at radius 1 is 0.381 bits per heavy atom. The second-order valence-electron chi connectivity index (χ2n) is 30.9. The van der Waals surface area contributed by atoms with Crippen molar-refractivity contribution in [3.63, 3.8) is 0 Å². The van der Waals surface area contributed by atoms with Crippen LogP contribution in [0.2, 0.25) is 0 Å². The number of fused-ring (bicyclic) bond motifs is 4.